The van der Waals surface area contributed by atoms with Crippen LogP contribution in [0, 0.1) is 0 Å². The SMILES string of the molecule is COc1ccc(S(=O)(=O)N(C)C)cc1NC(=O)/C=C/c1c(Cl)cccc1Cl. The van der Waals surface area contributed by atoms with Crippen molar-refractivity contribution in [3.63, 3.8) is 0 Å². The number of hydrogen-bond donors (Lipinski definition) is 1. The number of benzene rings is 2. The van der Waals surface area contributed by atoms with Crippen molar-refractivity contribution in [1.82, 2.24) is 4.31 Å². The van der Waals surface area contributed by atoms with E-state index in [-0.39, 0.29) is 10.6 Å². The molecular formula is C18H18Cl2N2O4S. The van der Waals surface area contributed by atoms with Crippen molar-refractivity contribution in [1.29, 1.82) is 0 Å². The first-order valence-corrected chi connectivity index (χ1v) is 9.90. The summed E-state index contributed by atoms with van der Waals surface area (Å²) in [5, 5.41) is 3.41. The van der Waals surface area contributed by atoms with Gasteiger partial charge in [0.2, 0.25) is 15.9 Å². The predicted octanol–water partition coefficient (Wildman–Crippen LogP) is 3.90. The van der Waals surface area contributed by atoms with Gasteiger partial charge in [0.15, 0.2) is 0 Å². The van der Waals surface area contributed by atoms with Crippen LogP contribution in [0.25, 0.3) is 6.08 Å². The number of nitrogens with one attached hydrogen (secondary N) is 1. The molecule has 0 radical (unpaired) electrons. The van der Waals surface area contributed by atoms with Crippen LogP contribution >= 0.6 is 23.2 Å². The van der Waals surface area contributed by atoms with Crippen LogP contribution in [0.3, 0.4) is 0 Å². The number of rotatable bonds is 6. The topological polar surface area (TPSA) is 75.7 Å². The monoisotopic (exact) mass is 428 g/mol. The highest BCUT2D eigenvalue weighted by molar-refractivity contribution is 7.89. The van der Waals surface area contributed by atoms with Gasteiger partial charge < -0.3 is 10.1 Å². The minimum Gasteiger partial charge on any atom is -0.495 e. The Morgan fingerprint density at radius 2 is 1.78 bits per heavy atom. The zero-order valence-electron chi connectivity index (χ0n) is 14.9. The molecule has 144 valence electrons. The molecule has 0 heterocycles. The smallest absolute Gasteiger partial charge is 0.248 e. The molecule has 2 aromatic carbocycles. The van der Waals surface area contributed by atoms with E-state index < -0.39 is 15.9 Å². The minimum atomic E-state index is -3.65. The standard InChI is InChI=1S/C18H18Cl2N2O4S/c1-22(2)27(24,25)12-7-9-17(26-3)16(11-12)21-18(23)10-8-13-14(19)5-4-6-15(13)20/h4-11H,1-3H3,(H,21,23)/b10-8+. The van der Waals surface area contributed by atoms with E-state index in [9.17, 15) is 13.2 Å². The lowest BCUT2D eigenvalue weighted by Crippen LogP contribution is -2.22. The highest BCUT2D eigenvalue weighted by Gasteiger charge is 2.19. The van der Waals surface area contributed by atoms with Gasteiger partial charge in [-0.15, -0.1) is 0 Å². The van der Waals surface area contributed by atoms with E-state index in [0.717, 1.165) is 4.31 Å². The number of methoxy groups -OCH3 is 1. The second-order valence-corrected chi connectivity index (χ2v) is 8.57. The quantitative estimate of drug-likeness (QED) is 0.707. The number of anilines is 1. The Morgan fingerprint density at radius 1 is 1.15 bits per heavy atom. The third kappa shape index (κ3) is 5.01. The van der Waals surface area contributed by atoms with Gasteiger partial charge in [0.05, 0.1) is 17.7 Å². The number of nitrogens with zero attached hydrogens (tertiary/aromatic N) is 1. The number of halogens is 2. The maximum absolute atomic E-state index is 12.3. The maximum atomic E-state index is 12.3. The molecule has 0 aromatic heterocycles. The molecule has 6 nitrogen and oxygen atoms in total. The fourth-order valence-electron chi connectivity index (χ4n) is 2.16. The Morgan fingerprint density at radius 3 is 2.33 bits per heavy atom. The van der Waals surface area contributed by atoms with Gasteiger partial charge in [0.1, 0.15) is 5.75 Å². The van der Waals surface area contributed by atoms with Crippen LogP contribution in [-0.2, 0) is 14.8 Å². The van der Waals surface area contributed by atoms with Crippen molar-refractivity contribution in [2.75, 3.05) is 26.5 Å². The van der Waals surface area contributed by atoms with Gasteiger partial charge in [0.25, 0.3) is 0 Å². The van der Waals surface area contributed by atoms with Crippen molar-refractivity contribution in [3.05, 3.63) is 58.1 Å². The largest absolute Gasteiger partial charge is 0.495 e. The maximum Gasteiger partial charge on any atom is 0.248 e. The summed E-state index contributed by atoms with van der Waals surface area (Å²) in [5.41, 5.74) is 0.729. The van der Waals surface area contributed by atoms with Crippen LogP contribution in [0.4, 0.5) is 5.69 Å². The normalized spacial score (nSPS) is 11.8. The van der Waals surface area contributed by atoms with E-state index in [1.165, 1.54) is 51.6 Å². The fourth-order valence-corrected chi connectivity index (χ4v) is 3.61. The molecule has 0 unspecified atom stereocenters. The first-order chi connectivity index (χ1) is 12.7. The summed E-state index contributed by atoms with van der Waals surface area (Å²) in [5.74, 6) is -0.172. The average Bonchev–Trinajstić information content (AvgIpc) is 2.61. The van der Waals surface area contributed by atoms with Crippen molar-refractivity contribution in [2.45, 2.75) is 4.90 Å². The summed E-state index contributed by atoms with van der Waals surface area (Å²) in [6, 6.07) is 9.23. The summed E-state index contributed by atoms with van der Waals surface area (Å²) in [6.07, 6.45) is 2.73. The van der Waals surface area contributed by atoms with E-state index in [1.54, 1.807) is 18.2 Å². The van der Waals surface area contributed by atoms with Gasteiger partial charge in [-0.3, -0.25) is 4.79 Å². The second kappa shape index (κ2) is 8.75. The lowest BCUT2D eigenvalue weighted by molar-refractivity contribution is -0.111. The lowest BCUT2D eigenvalue weighted by atomic mass is 10.2. The van der Waals surface area contributed by atoms with Gasteiger partial charge >= 0.3 is 0 Å². The van der Waals surface area contributed by atoms with E-state index in [0.29, 0.717) is 21.4 Å². The van der Waals surface area contributed by atoms with Gasteiger partial charge in [-0.05, 0) is 36.4 Å². The molecule has 0 aliphatic rings. The summed E-state index contributed by atoms with van der Waals surface area (Å²) >= 11 is 12.1. The minimum absolute atomic E-state index is 0.0294. The summed E-state index contributed by atoms with van der Waals surface area (Å²) < 4.78 is 30.8. The summed E-state index contributed by atoms with van der Waals surface area (Å²) in [4.78, 5) is 12.3. The lowest BCUT2D eigenvalue weighted by Gasteiger charge is -2.14. The van der Waals surface area contributed by atoms with Crippen LogP contribution in [0.5, 0.6) is 5.75 Å². The Labute approximate surface area is 168 Å². The predicted molar refractivity (Wildman–Crippen MR) is 108 cm³/mol. The zero-order valence-corrected chi connectivity index (χ0v) is 17.2. The van der Waals surface area contributed by atoms with Crippen LogP contribution in [0.2, 0.25) is 10.0 Å². The fraction of sp³-hybridized carbons (Fsp3) is 0.167. The van der Waals surface area contributed by atoms with Gasteiger partial charge in [-0.1, -0.05) is 29.3 Å². The molecule has 0 aliphatic carbocycles. The zero-order chi connectivity index (χ0) is 20.2. The van der Waals surface area contributed by atoms with Crippen molar-refractivity contribution in [2.24, 2.45) is 0 Å². The number of carbonyl (C=O) groups is 1. The number of sulfonamides is 1. The molecule has 27 heavy (non-hydrogen) atoms. The van der Waals surface area contributed by atoms with Crippen LogP contribution in [-0.4, -0.2) is 39.8 Å². The van der Waals surface area contributed by atoms with E-state index in [1.807, 2.05) is 0 Å². The van der Waals surface area contributed by atoms with Crippen LogP contribution in [0.15, 0.2) is 47.4 Å². The van der Waals surface area contributed by atoms with Crippen molar-refractivity contribution in [3.8, 4) is 5.75 Å². The third-order valence-electron chi connectivity index (χ3n) is 3.61. The number of amides is 1. The van der Waals surface area contributed by atoms with E-state index in [4.69, 9.17) is 27.9 Å². The molecule has 0 aliphatic heterocycles. The van der Waals surface area contributed by atoms with Crippen molar-refractivity contribution < 1.29 is 17.9 Å². The van der Waals surface area contributed by atoms with Gasteiger partial charge in [0, 0.05) is 35.8 Å². The molecule has 9 heteroatoms. The van der Waals surface area contributed by atoms with E-state index in [2.05, 4.69) is 5.32 Å². The Kier molecular flexibility index (Phi) is 6.89. The first kappa shape index (κ1) is 21.2. The van der Waals surface area contributed by atoms with Gasteiger partial charge in [-0.25, -0.2) is 12.7 Å². The second-order valence-electron chi connectivity index (χ2n) is 5.61. The van der Waals surface area contributed by atoms with Gasteiger partial charge in [-0.2, -0.15) is 0 Å². The molecule has 2 aromatic rings. The third-order valence-corrected chi connectivity index (χ3v) is 6.08. The molecule has 0 spiro atoms. The molecule has 1 N–H and O–H groups in total. The molecule has 0 bridgehead atoms. The molecule has 2 rings (SSSR count). The van der Waals surface area contributed by atoms with Crippen molar-refractivity contribution >= 4 is 50.9 Å². The summed E-state index contributed by atoms with van der Waals surface area (Å²) in [7, 11) is 0.617. The molecular weight excluding hydrogens is 411 g/mol. The molecule has 0 fully saturated rings. The van der Waals surface area contributed by atoms with E-state index >= 15 is 0 Å². The highest BCUT2D eigenvalue weighted by atomic mass is 35.5. The Balaban J connectivity index is 2.30. The van der Waals surface area contributed by atoms with Crippen LogP contribution in [0.1, 0.15) is 5.56 Å². The number of carbonyl (C=O) groups excluding carboxylic acids is 1. The Hall–Kier alpha value is -2.06. The molecule has 0 saturated heterocycles. The molecule has 0 atom stereocenters. The Bertz CT molecular complexity index is 969. The molecule has 1 amide bonds. The highest BCUT2D eigenvalue weighted by Crippen LogP contribution is 2.29. The summed E-state index contributed by atoms with van der Waals surface area (Å²) in [6.45, 7) is 0. The number of hydrogen-bond acceptors (Lipinski definition) is 4. The molecule has 0 saturated carbocycles. The average molecular weight is 429 g/mol. The van der Waals surface area contributed by atoms with Crippen LogP contribution < -0.4 is 10.1 Å². The first-order valence-electron chi connectivity index (χ1n) is 7.70. The number of ether oxygens (including phenoxy) is 1.